The Morgan fingerprint density at radius 2 is 1.80 bits per heavy atom. The molecule has 2 aromatic carbocycles. The predicted molar refractivity (Wildman–Crippen MR) is 84.9 cm³/mol. The SMILES string of the molecule is Cc1cc(OCC(=O)c2ccccc2Cl)cc(C)c1Br. The van der Waals surface area contributed by atoms with Gasteiger partial charge in [-0.25, -0.2) is 0 Å². The molecule has 0 saturated heterocycles. The lowest BCUT2D eigenvalue weighted by Gasteiger charge is -2.10. The van der Waals surface area contributed by atoms with E-state index in [4.69, 9.17) is 16.3 Å². The third-order valence-electron chi connectivity index (χ3n) is 2.95. The molecule has 0 bridgehead atoms. The Morgan fingerprint density at radius 1 is 1.20 bits per heavy atom. The third kappa shape index (κ3) is 3.41. The molecule has 0 N–H and O–H groups in total. The van der Waals surface area contributed by atoms with E-state index in [-0.39, 0.29) is 12.4 Å². The largest absolute Gasteiger partial charge is 0.485 e. The molecule has 0 radical (unpaired) electrons. The molecule has 2 rings (SSSR count). The maximum absolute atomic E-state index is 12.1. The second-order valence-electron chi connectivity index (χ2n) is 4.56. The average molecular weight is 354 g/mol. The standard InChI is InChI=1S/C16H14BrClO2/c1-10-7-12(8-11(2)16(10)17)20-9-15(19)13-5-3-4-6-14(13)18/h3-8H,9H2,1-2H3. The molecule has 0 aromatic heterocycles. The van der Waals surface area contributed by atoms with Crippen molar-refractivity contribution in [3.63, 3.8) is 0 Å². The lowest BCUT2D eigenvalue weighted by molar-refractivity contribution is 0.0921. The number of carbonyl (C=O) groups is 1. The minimum absolute atomic E-state index is 0.0236. The van der Waals surface area contributed by atoms with E-state index < -0.39 is 0 Å². The summed E-state index contributed by atoms with van der Waals surface area (Å²) < 4.78 is 6.62. The molecule has 0 spiro atoms. The van der Waals surface area contributed by atoms with Crippen LogP contribution in [0.1, 0.15) is 21.5 Å². The van der Waals surface area contributed by atoms with E-state index in [1.54, 1.807) is 24.3 Å². The van der Waals surface area contributed by atoms with E-state index >= 15 is 0 Å². The zero-order valence-electron chi connectivity index (χ0n) is 11.2. The van der Waals surface area contributed by atoms with Gasteiger partial charge in [-0.15, -0.1) is 0 Å². The van der Waals surface area contributed by atoms with Crippen molar-refractivity contribution in [2.75, 3.05) is 6.61 Å². The fourth-order valence-electron chi connectivity index (χ4n) is 1.90. The summed E-state index contributed by atoms with van der Waals surface area (Å²) in [6.45, 7) is 3.95. The predicted octanol–water partition coefficient (Wildman–Crippen LogP) is 4.98. The number of ketones is 1. The summed E-state index contributed by atoms with van der Waals surface area (Å²) in [7, 11) is 0. The van der Waals surface area contributed by atoms with Gasteiger partial charge in [0.1, 0.15) is 5.75 Å². The van der Waals surface area contributed by atoms with Gasteiger partial charge in [0.05, 0.1) is 5.02 Å². The monoisotopic (exact) mass is 352 g/mol. The Hall–Kier alpha value is -1.32. The number of benzene rings is 2. The van der Waals surface area contributed by atoms with Gasteiger partial charge < -0.3 is 4.74 Å². The van der Waals surface area contributed by atoms with Gasteiger partial charge in [0.2, 0.25) is 5.78 Å². The zero-order chi connectivity index (χ0) is 14.7. The molecule has 0 aliphatic carbocycles. The van der Waals surface area contributed by atoms with Crippen molar-refractivity contribution >= 4 is 33.3 Å². The fourth-order valence-corrected chi connectivity index (χ4v) is 2.37. The van der Waals surface area contributed by atoms with Crippen LogP contribution >= 0.6 is 27.5 Å². The Balaban J connectivity index is 2.10. The number of hydrogen-bond donors (Lipinski definition) is 0. The summed E-state index contributed by atoms with van der Waals surface area (Å²) in [5, 5.41) is 0.448. The maximum atomic E-state index is 12.1. The van der Waals surface area contributed by atoms with Crippen LogP contribution in [0.4, 0.5) is 0 Å². The van der Waals surface area contributed by atoms with Crippen LogP contribution in [0, 0.1) is 13.8 Å². The molecule has 20 heavy (non-hydrogen) atoms. The highest BCUT2D eigenvalue weighted by molar-refractivity contribution is 9.10. The van der Waals surface area contributed by atoms with Gasteiger partial charge in [0.25, 0.3) is 0 Å². The Bertz CT molecular complexity index is 630. The van der Waals surface area contributed by atoms with Crippen LogP contribution in [-0.4, -0.2) is 12.4 Å². The Labute approximate surface area is 131 Å². The second-order valence-corrected chi connectivity index (χ2v) is 5.76. The maximum Gasteiger partial charge on any atom is 0.201 e. The molecular weight excluding hydrogens is 340 g/mol. The number of halogens is 2. The van der Waals surface area contributed by atoms with Crippen molar-refractivity contribution in [2.24, 2.45) is 0 Å². The number of hydrogen-bond acceptors (Lipinski definition) is 2. The van der Waals surface area contributed by atoms with E-state index in [1.165, 1.54) is 0 Å². The fraction of sp³-hybridized carbons (Fsp3) is 0.188. The molecule has 0 amide bonds. The van der Waals surface area contributed by atoms with Gasteiger partial charge in [-0.05, 0) is 49.2 Å². The van der Waals surface area contributed by atoms with Crippen LogP contribution in [0.5, 0.6) is 5.75 Å². The summed E-state index contributed by atoms with van der Waals surface area (Å²) in [4.78, 5) is 12.1. The molecule has 2 aromatic rings. The minimum Gasteiger partial charge on any atom is -0.485 e. The molecule has 0 saturated carbocycles. The smallest absolute Gasteiger partial charge is 0.201 e. The van der Waals surface area contributed by atoms with Crippen LogP contribution in [0.3, 0.4) is 0 Å². The van der Waals surface area contributed by atoms with Crippen LogP contribution < -0.4 is 4.74 Å². The number of Topliss-reactive ketones (excluding diaryl/α,β-unsaturated/α-hetero) is 1. The van der Waals surface area contributed by atoms with Crippen LogP contribution in [0.15, 0.2) is 40.9 Å². The van der Waals surface area contributed by atoms with Gasteiger partial charge >= 0.3 is 0 Å². The number of rotatable bonds is 4. The quantitative estimate of drug-likeness (QED) is 0.725. The molecule has 0 atom stereocenters. The molecule has 0 unspecified atom stereocenters. The van der Waals surface area contributed by atoms with Crippen LogP contribution in [0.2, 0.25) is 5.02 Å². The molecule has 104 valence electrons. The first-order valence-electron chi connectivity index (χ1n) is 6.16. The van der Waals surface area contributed by atoms with Crippen LogP contribution in [-0.2, 0) is 0 Å². The van der Waals surface area contributed by atoms with Gasteiger partial charge in [0, 0.05) is 10.0 Å². The number of ether oxygens (including phenoxy) is 1. The molecular formula is C16H14BrClO2. The Kier molecular flexibility index (Phi) is 4.84. The highest BCUT2D eigenvalue weighted by Crippen LogP contribution is 2.26. The van der Waals surface area contributed by atoms with E-state index in [1.807, 2.05) is 26.0 Å². The lowest BCUT2D eigenvalue weighted by Crippen LogP contribution is -2.12. The highest BCUT2D eigenvalue weighted by atomic mass is 79.9. The van der Waals surface area contributed by atoms with Gasteiger partial charge in [0.15, 0.2) is 6.61 Å². The first-order chi connectivity index (χ1) is 9.49. The van der Waals surface area contributed by atoms with E-state index in [9.17, 15) is 4.79 Å². The number of aryl methyl sites for hydroxylation is 2. The summed E-state index contributed by atoms with van der Waals surface area (Å²) in [5.74, 6) is 0.553. The molecule has 4 heteroatoms. The molecule has 2 nitrogen and oxygen atoms in total. The summed E-state index contributed by atoms with van der Waals surface area (Å²) in [6, 6.07) is 10.8. The Morgan fingerprint density at radius 3 is 2.40 bits per heavy atom. The molecule has 0 aliphatic heterocycles. The van der Waals surface area contributed by atoms with E-state index in [0.29, 0.717) is 16.3 Å². The van der Waals surface area contributed by atoms with Crippen molar-refractivity contribution in [3.05, 3.63) is 62.6 Å². The van der Waals surface area contributed by atoms with Crippen LogP contribution in [0.25, 0.3) is 0 Å². The molecule has 0 aliphatic rings. The third-order valence-corrected chi connectivity index (χ3v) is 4.53. The van der Waals surface area contributed by atoms with Crippen molar-refractivity contribution in [1.82, 2.24) is 0 Å². The topological polar surface area (TPSA) is 26.3 Å². The molecule has 0 heterocycles. The minimum atomic E-state index is -0.131. The van der Waals surface area contributed by atoms with E-state index in [0.717, 1.165) is 15.6 Å². The summed E-state index contributed by atoms with van der Waals surface area (Å²) in [6.07, 6.45) is 0. The van der Waals surface area contributed by atoms with Crippen molar-refractivity contribution in [1.29, 1.82) is 0 Å². The summed E-state index contributed by atoms with van der Waals surface area (Å²) in [5.41, 5.74) is 2.63. The first-order valence-corrected chi connectivity index (χ1v) is 7.33. The second kappa shape index (κ2) is 6.42. The zero-order valence-corrected chi connectivity index (χ0v) is 13.6. The number of carbonyl (C=O) groups excluding carboxylic acids is 1. The first kappa shape index (κ1) is 15.1. The van der Waals surface area contributed by atoms with Crippen molar-refractivity contribution in [2.45, 2.75) is 13.8 Å². The van der Waals surface area contributed by atoms with Crippen molar-refractivity contribution < 1.29 is 9.53 Å². The van der Waals surface area contributed by atoms with E-state index in [2.05, 4.69) is 15.9 Å². The normalized spacial score (nSPS) is 10.4. The van der Waals surface area contributed by atoms with Gasteiger partial charge in [-0.2, -0.15) is 0 Å². The summed E-state index contributed by atoms with van der Waals surface area (Å²) >= 11 is 9.49. The van der Waals surface area contributed by atoms with Gasteiger partial charge in [-0.1, -0.05) is 39.7 Å². The molecule has 0 fully saturated rings. The van der Waals surface area contributed by atoms with Gasteiger partial charge in [-0.3, -0.25) is 4.79 Å². The van der Waals surface area contributed by atoms with Crippen molar-refractivity contribution in [3.8, 4) is 5.75 Å². The average Bonchev–Trinajstić information content (AvgIpc) is 2.42. The lowest BCUT2D eigenvalue weighted by atomic mass is 10.1. The highest BCUT2D eigenvalue weighted by Gasteiger charge is 2.11.